The van der Waals surface area contributed by atoms with Gasteiger partial charge in [-0.2, -0.15) is 11.8 Å². The van der Waals surface area contributed by atoms with Gasteiger partial charge in [0, 0.05) is 11.0 Å². The molecular weight excluding hydrogens is 342 g/mol. The second kappa shape index (κ2) is 7.90. The highest BCUT2D eigenvalue weighted by atomic mass is 79.9. The molecule has 20 heavy (non-hydrogen) atoms. The van der Waals surface area contributed by atoms with Crippen LogP contribution in [0.3, 0.4) is 0 Å². The normalized spacial score (nSPS) is 13.7. The van der Waals surface area contributed by atoms with E-state index in [1.165, 1.54) is 0 Å². The third kappa shape index (κ3) is 5.34. The van der Waals surface area contributed by atoms with Crippen LogP contribution in [0.1, 0.15) is 23.7 Å². The summed E-state index contributed by atoms with van der Waals surface area (Å²) >= 11 is 5.01. The van der Waals surface area contributed by atoms with Crippen molar-refractivity contribution < 1.29 is 14.6 Å². The Kier molecular flexibility index (Phi) is 6.85. The molecule has 0 fully saturated rings. The fourth-order valence-corrected chi connectivity index (χ4v) is 2.65. The first-order valence-corrected chi connectivity index (χ1v) is 8.41. The van der Waals surface area contributed by atoms with E-state index in [4.69, 9.17) is 4.74 Å². The predicted molar refractivity (Wildman–Crippen MR) is 86.7 cm³/mol. The molecule has 0 saturated heterocycles. The molecule has 6 heteroatoms. The van der Waals surface area contributed by atoms with Crippen molar-refractivity contribution in [2.75, 3.05) is 25.7 Å². The second-order valence-electron chi connectivity index (χ2n) is 4.77. The van der Waals surface area contributed by atoms with E-state index in [-0.39, 0.29) is 12.5 Å². The van der Waals surface area contributed by atoms with Crippen LogP contribution >= 0.6 is 27.7 Å². The van der Waals surface area contributed by atoms with Gasteiger partial charge in [0.15, 0.2) is 0 Å². The summed E-state index contributed by atoms with van der Waals surface area (Å²) in [5, 5.41) is 12.9. The van der Waals surface area contributed by atoms with Crippen LogP contribution in [0, 0.1) is 0 Å². The van der Waals surface area contributed by atoms with Gasteiger partial charge in [0.25, 0.3) is 5.91 Å². The highest BCUT2D eigenvalue weighted by Gasteiger charge is 2.21. The lowest BCUT2D eigenvalue weighted by Gasteiger charge is -2.23. The highest BCUT2D eigenvalue weighted by Crippen LogP contribution is 2.22. The van der Waals surface area contributed by atoms with Crippen molar-refractivity contribution >= 4 is 33.6 Å². The molecule has 0 spiro atoms. The molecule has 0 aromatic heterocycles. The largest absolute Gasteiger partial charge is 0.497 e. The van der Waals surface area contributed by atoms with Gasteiger partial charge in [-0.25, -0.2) is 0 Å². The molecule has 1 aromatic rings. The number of thioether (sulfide) groups is 1. The summed E-state index contributed by atoms with van der Waals surface area (Å²) in [7, 11) is 1.55. The first-order valence-electron chi connectivity index (χ1n) is 6.22. The Morgan fingerprint density at radius 2 is 2.25 bits per heavy atom. The van der Waals surface area contributed by atoms with Gasteiger partial charge in [-0.1, -0.05) is 0 Å². The molecule has 0 aliphatic carbocycles. The quantitative estimate of drug-likeness (QED) is 0.783. The zero-order valence-corrected chi connectivity index (χ0v) is 14.3. The maximum atomic E-state index is 12.1. The van der Waals surface area contributed by atoms with Crippen LogP contribution in [0.5, 0.6) is 5.75 Å². The van der Waals surface area contributed by atoms with E-state index >= 15 is 0 Å². The molecule has 0 saturated carbocycles. The van der Waals surface area contributed by atoms with Crippen LogP contribution in [0.15, 0.2) is 22.7 Å². The van der Waals surface area contributed by atoms with Crippen LogP contribution in [0.2, 0.25) is 0 Å². The highest BCUT2D eigenvalue weighted by molar-refractivity contribution is 9.10. The minimum atomic E-state index is -0.899. The number of amides is 1. The van der Waals surface area contributed by atoms with Gasteiger partial charge in [-0.3, -0.25) is 4.79 Å². The lowest BCUT2D eigenvalue weighted by Crippen LogP contribution is -2.41. The Morgan fingerprint density at radius 1 is 1.55 bits per heavy atom. The summed E-state index contributed by atoms with van der Waals surface area (Å²) < 4.78 is 5.80. The first kappa shape index (κ1) is 17.3. The van der Waals surface area contributed by atoms with Crippen LogP contribution in [0.4, 0.5) is 0 Å². The van der Waals surface area contributed by atoms with E-state index in [9.17, 15) is 9.90 Å². The number of hydrogen-bond acceptors (Lipinski definition) is 4. The van der Waals surface area contributed by atoms with Gasteiger partial charge in [-0.15, -0.1) is 0 Å². The summed E-state index contributed by atoms with van der Waals surface area (Å²) in [5.41, 5.74) is -0.408. The van der Waals surface area contributed by atoms with Crippen molar-refractivity contribution in [3.63, 3.8) is 0 Å². The van der Waals surface area contributed by atoms with Crippen molar-refractivity contribution in [2.24, 2.45) is 0 Å². The van der Waals surface area contributed by atoms with E-state index in [1.807, 2.05) is 6.26 Å². The first-order chi connectivity index (χ1) is 9.39. The minimum absolute atomic E-state index is 0.218. The molecule has 0 aliphatic rings. The molecule has 1 aromatic carbocycles. The third-order valence-corrected chi connectivity index (χ3v) is 4.20. The number of benzene rings is 1. The summed E-state index contributed by atoms with van der Waals surface area (Å²) in [6.45, 7) is 1.94. The SMILES string of the molecule is COc1ccc(Br)c(C(=O)NC[C@@](C)(O)CCSC)c1. The van der Waals surface area contributed by atoms with Crippen LogP contribution in [-0.2, 0) is 0 Å². The van der Waals surface area contributed by atoms with Crippen LogP contribution < -0.4 is 10.1 Å². The number of carbonyl (C=O) groups is 1. The molecule has 4 nitrogen and oxygen atoms in total. The molecule has 0 aliphatic heterocycles. The maximum Gasteiger partial charge on any atom is 0.252 e. The average molecular weight is 362 g/mol. The number of rotatable bonds is 7. The number of nitrogens with one attached hydrogen (secondary N) is 1. The topological polar surface area (TPSA) is 58.6 Å². The third-order valence-electron chi connectivity index (χ3n) is 2.89. The zero-order valence-electron chi connectivity index (χ0n) is 11.9. The Labute approximate surface area is 132 Å². The molecular formula is C14H20BrNO3S. The van der Waals surface area contributed by atoms with Crippen molar-refractivity contribution in [1.82, 2.24) is 5.32 Å². The summed E-state index contributed by atoms with van der Waals surface area (Å²) in [6, 6.07) is 5.20. The molecule has 2 N–H and O–H groups in total. The van der Waals surface area contributed by atoms with Gasteiger partial charge in [0.1, 0.15) is 5.75 Å². The smallest absolute Gasteiger partial charge is 0.252 e. The predicted octanol–water partition coefficient (Wildman–Crippen LogP) is 2.69. The second-order valence-corrected chi connectivity index (χ2v) is 6.61. The lowest BCUT2D eigenvalue weighted by molar-refractivity contribution is 0.0528. The van der Waals surface area contributed by atoms with Gasteiger partial charge in [-0.05, 0) is 59.5 Å². The van der Waals surface area contributed by atoms with Gasteiger partial charge in [0.2, 0.25) is 0 Å². The Balaban J connectivity index is 2.67. The van der Waals surface area contributed by atoms with Crippen LogP contribution in [-0.4, -0.2) is 42.3 Å². The Morgan fingerprint density at radius 3 is 2.85 bits per heavy atom. The maximum absolute atomic E-state index is 12.1. The van der Waals surface area contributed by atoms with E-state index in [0.29, 0.717) is 22.2 Å². The average Bonchev–Trinajstić information content (AvgIpc) is 2.43. The Bertz CT molecular complexity index is 466. The fraction of sp³-hybridized carbons (Fsp3) is 0.500. The van der Waals surface area contributed by atoms with E-state index in [2.05, 4.69) is 21.2 Å². The molecule has 0 bridgehead atoms. The van der Waals surface area contributed by atoms with Gasteiger partial charge >= 0.3 is 0 Å². The number of carbonyl (C=O) groups excluding carboxylic acids is 1. The number of methoxy groups -OCH3 is 1. The number of hydrogen-bond donors (Lipinski definition) is 2. The van der Waals surface area contributed by atoms with Crippen molar-refractivity contribution in [3.8, 4) is 5.75 Å². The van der Waals surface area contributed by atoms with Gasteiger partial charge < -0.3 is 15.2 Å². The standard InChI is InChI=1S/C14H20BrNO3S/c1-14(18,6-7-20-3)9-16-13(17)11-8-10(19-2)4-5-12(11)15/h4-5,8,18H,6-7,9H2,1-3H3,(H,16,17)/t14-/m0/s1. The number of ether oxygens (including phenoxy) is 1. The monoisotopic (exact) mass is 361 g/mol. The van der Waals surface area contributed by atoms with E-state index in [0.717, 1.165) is 5.75 Å². The molecule has 112 valence electrons. The zero-order chi connectivity index (χ0) is 15.2. The molecule has 1 atom stereocenters. The summed E-state index contributed by atoms with van der Waals surface area (Å²) in [6.07, 6.45) is 2.62. The molecule has 1 rings (SSSR count). The fourth-order valence-electron chi connectivity index (χ4n) is 1.58. The number of aliphatic hydroxyl groups is 1. The summed E-state index contributed by atoms with van der Waals surface area (Å²) in [4.78, 5) is 12.1. The molecule has 0 unspecified atom stereocenters. The molecule has 1 amide bonds. The van der Waals surface area contributed by atoms with E-state index < -0.39 is 5.60 Å². The molecule has 0 radical (unpaired) electrons. The minimum Gasteiger partial charge on any atom is -0.497 e. The number of halogens is 1. The summed E-state index contributed by atoms with van der Waals surface area (Å²) in [5.74, 6) is 1.24. The van der Waals surface area contributed by atoms with Crippen LogP contribution in [0.25, 0.3) is 0 Å². The molecule has 0 heterocycles. The van der Waals surface area contributed by atoms with E-state index in [1.54, 1.807) is 44.0 Å². The van der Waals surface area contributed by atoms with Crippen molar-refractivity contribution in [2.45, 2.75) is 18.9 Å². The lowest BCUT2D eigenvalue weighted by atomic mass is 10.0. The Hall–Kier alpha value is -0.720. The van der Waals surface area contributed by atoms with Crippen molar-refractivity contribution in [1.29, 1.82) is 0 Å². The van der Waals surface area contributed by atoms with Gasteiger partial charge in [0.05, 0.1) is 18.3 Å². The van der Waals surface area contributed by atoms with Crippen molar-refractivity contribution in [3.05, 3.63) is 28.2 Å².